The van der Waals surface area contributed by atoms with Crippen LogP contribution in [-0.4, -0.2) is 35.9 Å². The first-order valence-corrected chi connectivity index (χ1v) is 8.10. The molecule has 2 heterocycles. The van der Waals surface area contributed by atoms with Crippen LogP contribution in [0.1, 0.15) is 33.0 Å². The lowest BCUT2D eigenvalue weighted by Gasteiger charge is -2.19. The van der Waals surface area contributed by atoms with Gasteiger partial charge in [0.1, 0.15) is 17.5 Å². The quantitative estimate of drug-likeness (QED) is 0.839. The van der Waals surface area contributed by atoms with Crippen LogP contribution in [0.3, 0.4) is 0 Å². The van der Waals surface area contributed by atoms with Crippen molar-refractivity contribution >= 4 is 21.5 Å². The summed E-state index contributed by atoms with van der Waals surface area (Å²) >= 11 is 0. The van der Waals surface area contributed by atoms with Gasteiger partial charge in [0.2, 0.25) is 0 Å². The lowest BCUT2D eigenvalue weighted by Crippen LogP contribution is -2.23. The predicted octanol–water partition coefficient (Wildman–Crippen LogP) is 0.955. The van der Waals surface area contributed by atoms with Crippen molar-refractivity contribution in [2.24, 2.45) is 0 Å². The Hall–Kier alpha value is -1.37. The maximum absolute atomic E-state index is 11.4. The molecule has 2 rings (SSSR count). The van der Waals surface area contributed by atoms with Gasteiger partial charge in [-0.25, -0.2) is 18.4 Å². The van der Waals surface area contributed by atoms with Crippen LogP contribution >= 0.6 is 0 Å². The molecule has 1 saturated heterocycles. The van der Waals surface area contributed by atoms with Crippen LogP contribution in [0.15, 0.2) is 6.07 Å². The molecule has 3 N–H and O–H groups in total. The maximum Gasteiger partial charge on any atom is 0.152 e. The Morgan fingerprint density at radius 3 is 2.58 bits per heavy atom. The average molecular weight is 284 g/mol. The number of nitrogens with one attached hydrogen (secondary N) is 1. The maximum atomic E-state index is 11.4. The Labute approximate surface area is 113 Å². The third-order valence-electron chi connectivity index (χ3n) is 3.00. The number of anilines is 2. The minimum atomic E-state index is -2.90. The number of nitrogen functional groups attached to an aromatic ring is 1. The highest BCUT2D eigenvalue weighted by atomic mass is 32.2. The number of rotatable bonds is 2. The van der Waals surface area contributed by atoms with E-state index in [9.17, 15) is 8.42 Å². The molecule has 106 valence electrons. The van der Waals surface area contributed by atoms with Crippen LogP contribution in [0.2, 0.25) is 0 Å². The zero-order valence-electron chi connectivity index (χ0n) is 11.5. The molecule has 1 aliphatic rings. The third-order valence-corrected chi connectivity index (χ3v) is 4.77. The molecule has 1 unspecified atom stereocenters. The highest BCUT2D eigenvalue weighted by Crippen LogP contribution is 2.23. The Kier molecular flexibility index (Phi) is 3.42. The second kappa shape index (κ2) is 4.63. The summed E-state index contributed by atoms with van der Waals surface area (Å²) in [6, 6.07) is 1.55. The Morgan fingerprint density at radius 1 is 1.37 bits per heavy atom. The zero-order valence-corrected chi connectivity index (χ0v) is 12.3. The second-order valence-electron chi connectivity index (χ2n) is 6.00. The van der Waals surface area contributed by atoms with E-state index < -0.39 is 9.84 Å². The first kappa shape index (κ1) is 14.0. The van der Waals surface area contributed by atoms with E-state index in [1.165, 1.54) is 0 Å². The third kappa shape index (κ3) is 3.56. The predicted molar refractivity (Wildman–Crippen MR) is 75.8 cm³/mol. The molecule has 1 aliphatic heterocycles. The van der Waals surface area contributed by atoms with Gasteiger partial charge in [0.25, 0.3) is 0 Å². The van der Waals surface area contributed by atoms with Crippen molar-refractivity contribution in [3.05, 3.63) is 11.9 Å². The summed E-state index contributed by atoms with van der Waals surface area (Å²) in [7, 11) is -2.90. The van der Waals surface area contributed by atoms with Gasteiger partial charge in [0.15, 0.2) is 9.84 Å². The second-order valence-corrected chi connectivity index (χ2v) is 8.22. The summed E-state index contributed by atoms with van der Waals surface area (Å²) in [6.45, 7) is 6.02. The largest absolute Gasteiger partial charge is 0.384 e. The van der Waals surface area contributed by atoms with Crippen LogP contribution in [0.4, 0.5) is 11.6 Å². The van der Waals surface area contributed by atoms with Crippen LogP contribution in [-0.2, 0) is 15.3 Å². The molecule has 0 aromatic carbocycles. The Morgan fingerprint density at radius 2 is 2.05 bits per heavy atom. The van der Waals surface area contributed by atoms with E-state index in [1.54, 1.807) is 6.07 Å². The van der Waals surface area contributed by atoms with Gasteiger partial charge in [-0.05, 0) is 6.42 Å². The van der Waals surface area contributed by atoms with Crippen molar-refractivity contribution in [3.63, 3.8) is 0 Å². The number of nitrogens with two attached hydrogens (primary N) is 1. The number of nitrogens with zero attached hydrogens (tertiary/aromatic N) is 2. The molecule has 0 amide bonds. The fourth-order valence-electron chi connectivity index (χ4n) is 1.99. The van der Waals surface area contributed by atoms with E-state index in [0.717, 1.165) is 0 Å². The SMILES string of the molecule is CC(C)(C)c1nc(N)cc(NC2CCS(=O)(=O)C2)n1. The van der Waals surface area contributed by atoms with Crippen LogP contribution in [0, 0.1) is 0 Å². The van der Waals surface area contributed by atoms with Crippen molar-refractivity contribution in [1.82, 2.24) is 9.97 Å². The van der Waals surface area contributed by atoms with Crippen molar-refractivity contribution in [2.45, 2.75) is 38.6 Å². The average Bonchev–Trinajstić information content (AvgIpc) is 2.55. The van der Waals surface area contributed by atoms with Crippen LogP contribution in [0.5, 0.6) is 0 Å². The van der Waals surface area contributed by atoms with Gasteiger partial charge < -0.3 is 11.1 Å². The number of aromatic nitrogens is 2. The Balaban J connectivity index is 2.20. The van der Waals surface area contributed by atoms with E-state index in [0.29, 0.717) is 23.9 Å². The smallest absolute Gasteiger partial charge is 0.152 e. The van der Waals surface area contributed by atoms with E-state index in [2.05, 4.69) is 15.3 Å². The summed E-state index contributed by atoms with van der Waals surface area (Å²) in [4.78, 5) is 8.64. The van der Waals surface area contributed by atoms with E-state index >= 15 is 0 Å². The monoisotopic (exact) mass is 284 g/mol. The molecule has 1 fully saturated rings. The molecule has 6 nitrogen and oxygen atoms in total. The van der Waals surface area contributed by atoms with E-state index in [1.807, 2.05) is 20.8 Å². The fraction of sp³-hybridized carbons (Fsp3) is 0.667. The summed E-state index contributed by atoms with van der Waals surface area (Å²) in [6.07, 6.45) is 0.608. The van der Waals surface area contributed by atoms with Gasteiger partial charge in [-0.3, -0.25) is 0 Å². The van der Waals surface area contributed by atoms with Crippen molar-refractivity contribution < 1.29 is 8.42 Å². The molecule has 0 radical (unpaired) electrons. The molecule has 0 aliphatic carbocycles. The van der Waals surface area contributed by atoms with Crippen LogP contribution < -0.4 is 11.1 Å². The molecule has 1 atom stereocenters. The number of hydrogen-bond acceptors (Lipinski definition) is 6. The van der Waals surface area contributed by atoms with Gasteiger partial charge in [0, 0.05) is 17.5 Å². The topological polar surface area (TPSA) is 98.0 Å². The minimum absolute atomic E-state index is 0.0906. The van der Waals surface area contributed by atoms with Crippen molar-refractivity contribution in [1.29, 1.82) is 0 Å². The van der Waals surface area contributed by atoms with Crippen LogP contribution in [0.25, 0.3) is 0 Å². The first-order chi connectivity index (χ1) is 8.66. The molecule has 1 aromatic heterocycles. The summed E-state index contributed by atoms with van der Waals surface area (Å²) in [5, 5.41) is 3.14. The number of hydrogen-bond donors (Lipinski definition) is 2. The molecule has 0 bridgehead atoms. The molecular weight excluding hydrogens is 264 g/mol. The summed E-state index contributed by atoms with van der Waals surface area (Å²) in [5.41, 5.74) is 5.57. The summed E-state index contributed by atoms with van der Waals surface area (Å²) in [5.74, 6) is 2.03. The highest BCUT2D eigenvalue weighted by molar-refractivity contribution is 7.91. The zero-order chi connectivity index (χ0) is 14.3. The molecule has 0 spiro atoms. The summed E-state index contributed by atoms with van der Waals surface area (Å²) < 4.78 is 22.9. The lowest BCUT2D eigenvalue weighted by atomic mass is 9.96. The van der Waals surface area contributed by atoms with Gasteiger partial charge in [-0.2, -0.15) is 0 Å². The lowest BCUT2D eigenvalue weighted by molar-refractivity contribution is 0.546. The molecule has 0 saturated carbocycles. The number of sulfone groups is 1. The minimum Gasteiger partial charge on any atom is -0.384 e. The van der Waals surface area contributed by atoms with Gasteiger partial charge in [-0.1, -0.05) is 20.8 Å². The van der Waals surface area contributed by atoms with E-state index in [-0.39, 0.29) is 23.0 Å². The first-order valence-electron chi connectivity index (χ1n) is 6.28. The molecular formula is C12H20N4O2S. The molecule has 19 heavy (non-hydrogen) atoms. The van der Waals surface area contributed by atoms with Gasteiger partial charge in [0.05, 0.1) is 11.5 Å². The van der Waals surface area contributed by atoms with Gasteiger partial charge >= 0.3 is 0 Å². The fourth-order valence-corrected chi connectivity index (χ4v) is 3.67. The van der Waals surface area contributed by atoms with Gasteiger partial charge in [-0.15, -0.1) is 0 Å². The standard InChI is InChI=1S/C12H20N4O2S/c1-12(2,3)11-15-9(13)6-10(16-11)14-8-4-5-19(17,18)7-8/h6,8H,4-5,7H2,1-3H3,(H3,13,14,15,16). The van der Waals surface area contributed by atoms with E-state index in [4.69, 9.17) is 5.73 Å². The molecule has 1 aromatic rings. The highest BCUT2D eigenvalue weighted by Gasteiger charge is 2.28. The van der Waals surface area contributed by atoms with Crippen molar-refractivity contribution in [3.8, 4) is 0 Å². The Bertz CT molecular complexity index is 578. The van der Waals surface area contributed by atoms with Crippen molar-refractivity contribution in [2.75, 3.05) is 22.6 Å². The normalized spacial score (nSPS) is 22.4. The molecule has 7 heteroatoms.